The molecule has 0 saturated heterocycles. The maximum absolute atomic E-state index is 13.0. The first-order valence-corrected chi connectivity index (χ1v) is 7.37. The molecular formula is C13H7F4N3O2S. The molecule has 1 aromatic carbocycles. The SMILES string of the molecule is N#Cc1ccc(NS(=O)(=O)c2ccc(F)cc2C(F)(F)F)nc1. The number of benzene rings is 1. The summed E-state index contributed by atoms with van der Waals surface area (Å²) in [6.07, 6.45) is -4.00. The standard InChI is InChI=1S/C13H7F4N3O2S/c14-9-2-3-11(10(5-9)13(15,16)17)23(21,22)20-12-4-1-8(6-18)7-19-12/h1-5,7H,(H,19,20). The van der Waals surface area contributed by atoms with E-state index >= 15 is 0 Å². The van der Waals surface area contributed by atoms with E-state index in [1.807, 2.05) is 4.72 Å². The summed E-state index contributed by atoms with van der Waals surface area (Å²) in [7, 11) is -4.65. The van der Waals surface area contributed by atoms with Crippen LogP contribution in [-0.4, -0.2) is 13.4 Å². The first-order chi connectivity index (χ1) is 10.6. The summed E-state index contributed by atoms with van der Waals surface area (Å²) in [6, 6.07) is 5.33. The van der Waals surface area contributed by atoms with E-state index in [-0.39, 0.29) is 17.4 Å². The highest BCUT2D eigenvalue weighted by atomic mass is 32.2. The van der Waals surface area contributed by atoms with Gasteiger partial charge in [0.25, 0.3) is 10.0 Å². The molecule has 2 rings (SSSR count). The topological polar surface area (TPSA) is 82.9 Å². The van der Waals surface area contributed by atoms with Crippen molar-refractivity contribution < 1.29 is 26.0 Å². The first-order valence-electron chi connectivity index (χ1n) is 5.89. The van der Waals surface area contributed by atoms with Crippen LogP contribution in [0.15, 0.2) is 41.4 Å². The molecule has 0 bridgehead atoms. The Morgan fingerprint density at radius 2 is 1.87 bits per heavy atom. The fourth-order valence-corrected chi connectivity index (χ4v) is 2.89. The summed E-state index contributed by atoms with van der Waals surface area (Å²) >= 11 is 0. The van der Waals surface area contributed by atoms with Crippen LogP contribution in [0.1, 0.15) is 11.1 Å². The van der Waals surface area contributed by atoms with E-state index in [0.29, 0.717) is 12.1 Å². The molecule has 0 saturated carbocycles. The Labute approximate surface area is 128 Å². The van der Waals surface area contributed by atoms with E-state index < -0.39 is 32.5 Å². The molecule has 0 spiro atoms. The molecule has 5 nitrogen and oxygen atoms in total. The van der Waals surface area contributed by atoms with Crippen LogP contribution in [0.4, 0.5) is 23.4 Å². The summed E-state index contributed by atoms with van der Waals surface area (Å²) in [4.78, 5) is 2.47. The fraction of sp³-hybridized carbons (Fsp3) is 0.0769. The Morgan fingerprint density at radius 1 is 1.17 bits per heavy atom. The van der Waals surface area contributed by atoms with Gasteiger partial charge in [0.2, 0.25) is 0 Å². The molecule has 120 valence electrons. The lowest BCUT2D eigenvalue weighted by Gasteiger charge is -2.14. The second kappa shape index (κ2) is 5.85. The van der Waals surface area contributed by atoms with Gasteiger partial charge >= 0.3 is 6.18 Å². The van der Waals surface area contributed by atoms with Crippen LogP contribution in [0.2, 0.25) is 0 Å². The minimum atomic E-state index is -5.05. The number of hydrogen-bond donors (Lipinski definition) is 1. The number of nitriles is 1. The van der Waals surface area contributed by atoms with Gasteiger partial charge in [0, 0.05) is 6.20 Å². The van der Waals surface area contributed by atoms with Gasteiger partial charge in [-0.2, -0.15) is 18.4 Å². The second-order valence-electron chi connectivity index (χ2n) is 4.29. The lowest BCUT2D eigenvalue weighted by Crippen LogP contribution is -2.19. The average Bonchev–Trinajstić information content (AvgIpc) is 2.46. The van der Waals surface area contributed by atoms with Gasteiger partial charge in [-0.25, -0.2) is 17.8 Å². The number of rotatable bonds is 3. The van der Waals surface area contributed by atoms with Crippen molar-refractivity contribution in [2.45, 2.75) is 11.1 Å². The fourth-order valence-electron chi connectivity index (χ4n) is 1.67. The lowest BCUT2D eigenvalue weighted by atomic mass is 10.2. The normalized spacial score (nSPS) is 11.8. The highest BCUT2D eigenvalue weighted by Crippen LogP contribution is 2.35. The minimum absolute atomic E-state index is 0.0980. The number of sulfonamides is 1. The van der Waals surface area contributed by atoms with Crippen LogP contribution in [0.25, 0.3) is 0 Å². The quantitative estimate of drug-likeness (QED) is 0.867. The van der Waals surface area contributed by atoms with Crippen LogP contribution in [-0.2, 0) is 16.2 Å². The Morgan fingerprint density at radius 3 is 2.39 bits per heavy atom. The van der Waals surface area contributed by atoms with Crippen molar-refractivity contribution in [2.24, 2.45) is 0 Å². The smallest absolute Gasteiger partial charge is 0.263 e. The van der Waals surface area contributed by atoms with E-state index in [1.165, 1.54) is 6.07 Å². The van der Waals surface area contributed by atoms with Crippen molar-refractivity contribution in [1.29, 1.82) is 5.26 Å². The highest BCUT2D eigenvalue weighted by Gasteiger charge is 2.37. The number of nitrogens with zero attached hydrogens (tertiary/aromatic N) is 2. The number of anilines is 1. The predicted molar refractivity (Wildman–Crippen MR) is 71.2 cm³/mol. The summed E-state index contributed by atoms with van der Waals surface area (Å²) < 4.78 is 77.7. The molecule has 0 fully saturated rings. The van der Waals surface area contributed by atoms with Crippen molar-refractivity contribution in [1.82, 2.24) is 4.98 Å². The van der Waals surface area contributed by atoms with Gasteiger partial charge in [0.15, 0.2) is 0 Å². The molecule has 1 heterocycles. The molecule has 0 radical (unpaired) electrons. The van der Waals surface area contributed by atoms with Gasteiger partial charge in [-0.1, -0.05) is 0 Å². The van der Waals surface area contributed by atoms with Crippen molar-refractivity contribution in [2.75, 3.05) is 4.72 Å². The Kier molecular flexibility index (Phi) is 4.24. The molecule has 0 aliphatic heterocycles. The number of halogens is 4. The number of hydrogen-bond acceptors (Lipinski definition) is 4. The van der Waals surface area contributed by atoms with E-state index in [9.17, 15) is 26.0 Å². The Balaban J connectivity index is 2.45. The van der Waals surface area contributed by atoms with E-state index in [4.69, 9.17) is 5.26 Å². The summed E-state index contributed by atoms with van der Waals surface area (Å²) in [5.74, 6) is -1.49. The second-order valence-corrected chi connectivity index (χ2v) is 5.94. The van der Waals surface area contributed by atoms with Gasteiger partial charge in [-0.05, 0) is 30.3 Å². The Bertz CT molecular complexity index is 872. The van der Waals surface area contributed by atoms with Gasteiger partial charge in [-0.3, -0.25) is 4.72 Å². The molecule has 23 heavy (non-hydrogen) atoms. The summed E-state index contributed by atoms with van der Waals surface area (Å²) in [5.41, 5.74) is -1.48. The molecule has 0 aliphatic carbocycles. The molecule has 1 N–H and O–H groups in total. The lowest BCUT2D eigenvalue weighted by molar-refractivity contribution is -0.140. The molecule has 0 unspecified atom stereocenters. The zero-order valence-corrected chi connectivity index (χ0v) is 11.9. The van der Waals surface area contributed by atoms with Gasteiger partial charge in [-0.15, -0.1) is 0 Å². The molecule has 10 heteroatoms. The van der Waals surface area contributed by atoms with Crippen LogP contribution in [0.5, 0.6) is 0 Å². The molecule has 2 aromatic rings. The van der Waals surface area contributed by atoms with Crippen LogP contribution >= 0.6 is 0 Å². The molecular weight excluding hydrogens is 338 g/mol. The van der Waals surface area contributed by atoms with E-state index in [0.717, 1.165) is 12.3 Å². The van der Waals surface area contributed by atoms with E-state index in [2.05, 4.69) is 4.98 Å². The first kappa shape index (κ1) is 16.7. The summed E-state index contributed by atoms with van der Waals surface area (Å²) in [6.45, 7) is 0. The monoisotopic (exact) mass is 345 g/mol. The van der Waals surface area contributed by atoms with E-state index in [1.54, 1.807) is 6.07 Å². The predicted octanol–water partition coefficient (Wildman–Crippen LogP) is 2.91. The largest absolute Gasteiger partial charge is 0.417 e. The highest BCUT2D eigenvalue weighted by molar-refractivity contribution is 7.92. The Hall–Kier alpha value is -2.67. The van der Waals surface area contributed by atoms with Crippen LogP contribution in [0.3, 0.4) is 0 Å². The van der Waals surface area contributed by atoms with Crippen molar-refractivity contribution in [3.63, 3.8) is 0 Å². The van der Waals surface area contributed by atoms with Gasteiger partial charge in [0.05, 0.1) is 16.0 Å². The van der Waals surface area contributed by atoms with Gasteiger partial charge in [0.1, 0.15) is 17.7 Å². The van der Waals surface area contributed by atoms with Gasteiger partial charge < -0.3 is 0 Å². The van der Waals surface area contributed by atoms with Crippen molar-refractivity contribution >= 4 is 15.8 Å². The van der Waals surface area contributed by atoms with Crippen molar-refractivity contribution in [3.05, 3.63) is 53.5 Å². The number of alkyl halides is 3. The number of nitrogens with one attached hydrogen (secondary N) is 1. The molecule has 1 aromatic heterocycles. The molecule has 0 amide bonds. The maximum atomic E-state index is 13.0. The van der Waals surface area contributed by atoms with Crippen molar-refractivity contribution in [3.8, 4) is 6.07 Å². The third kappa shape index (κ3) is 3.75. The average molecular weight is 345 g/mol. The third-order valence-corrected chi connectivity index (χ3v) is 4.08. The van der Waals surface area contributed by atoms with Crippen LogP contribution in [0, 0.1) is 17.1 Å². The molecule has 0 atom stereocenters. The third-order valence-electron chi connectivity index (χ3n) is 2.67. The number of pyridine rings is 1. The van der Waals surface area contributed by atoms with Crippen LogP contribution < -0.4 is 4.72 Å². The number of aromatic nitrogens is 1. The zero-order valence-electron chi connectivity index (χ0n) is 11.1. The zero-order chi connectivity index (χ0) is 17.3. The minimum Gasteiger partial charge on any atom is -0.263 e. The molecule has 0 aliphatic rings. The summed E-state index contributed by atoms with van der Waals surface area (Å²) in [5, 5.41) is 8.60. The maximum Gasteiger partial charge on any atom is 0.417 e.